The lowest BCUT2D eigenvalue weighted by Gasteiger charge is -2.38. The summed E-state index contributed by atoms with van der Waals surface area (Å²) in [5.74, 6) is 0.810. The van der Waals surface area contributed by atoms with E-state index in [9.17, 15) is 14.4 Å². The minimum atomic E-state index is -0.801. The van der Waals surface area contributed by atoms with Crippen molar-refractivity contribution in [2.75, 3.05) is 19.4 Å². The number of hydrogen-bond acceptors (Lipinski definition) is 5. The standard InChI is InChI=1S/C27H48N3O4S/c1-16(2)13-27(11,15-35-25(6,7)8)29-23(33)28-20(24(3,4)5)21(31)30-14-17-18(26(17,9)10)19(30)22(32)34-12/h16-20H,13-15H2,1-12H3,(H,28,33)/t17-,18-,19-,20+,27-/m0/s1. The molecule has 0 aromatic carbocycles. The average molecular weight is 511 g/mol. The summed E-state index contributed by atoms with van der Waals surface area (Å²) in [6, 6.07) is -1.89. The fourth-order valence-corrected chi connectivity index (χ4v) is 6.43. The number of likely N-dealkylation sites (tertiary alicyclic amines) is 1. The third-order valence-electron chi connectivity index (χ3n) is 7.35. The van der Waals surface area contributed by atoms with E-state index in [-0.39, 0.29) is 33.9 Å². The normalized spacial score (nSPS) is 26.0. The van der Waals surface area contributed by atoms with Crippen molar-refractivity contribution in [1.82, 2.24) is 15.5 Å². The van der Waals surface area contributed by atoms with Gasteiger partial charge in [0.05, 0.1) is 12.6 Å². The molecule has 1 radical (unpaired) electrons. The van der Waals surface area contributed by atoms with Crippen molar-refractivity contribution in [3.8, 4) is 0 Å². The monoisotopic (exact) mass is 510 g/mol. The average Bonchev–Trinajstić information content (AvgIpc) is 3.02. The Morgan fingerprint density at radius 2 is 1.69 bits per heavy atom. The van der Waals surface area contributed by atoms with Gasteiger partial charge < -0.3 is 15.0 Å². The summed E-state index contributed by atoms with van der Waals surface area (Å²) in [7, 11) is 1.36. The number of esters is 1. The molecule has 0 bridgehead atoms. The molecule has 1 saturated heterocycles. The summed E-state index contributed by atoms with van der Waals surface area (Å²) >= 11 is 1.79. The summed E-state index contributed by atoms with van der Waals surface area (Å²) in [5.41, 5.74) is -1.09. The molecule has 201 valence electrons. The van der Waals surface area contributed by atoms with Gasteiger partial charge in [0.1, 0.15) is 12.1 Å². The predicted molar refractivity (Wildman–Crippen MR) is 142 cm³/mol. The lowest BCUT2D eigenvalue weighted by Crippen LogP contribution is -2.60. The summed E-state index contributed by atoms with van der Waals surface area (Å²) in [6.07, 6.45) is 0.770. The third kappa shape index (κ3) is 7.07. The van der Waals surface area contributed by atoms with Gasteiger partial charge >= 0.3 is 12.0 Å². The van der Waals surface area contributed by atoms with Crippen LogP contribution in [0.25, 0.3) is 0 Å². The van der Waals surface area contributed by atoms with E-state index in [2.05, 4.69) is 59.1 Å². The second-order valence-electron chi connectivity index (χ2n) is 13.8. The SMILES string of the molecule is COC(=O)[C@@H]1[C@@H]2[C@H](CN1C(=O)[C@@H](NC(=O)[N][C@](C)(CSC(C)(C)C)CC(C)C)C(C)(C)C)C2(C)C. The first-order valence-electron chi connectivity index (χ1n) is 12.8. The molecule has 2 fully saturated rings. The molecule has 1 N–H and O–H groups in total. The topological polar surface area (TPSA) is 89.8 Å². The number of amides is 3. The zero-order valence-corrected chi connectivity index (χ0v) is 24.8. The highest BCUT2D eigenvalue weighted by Crippen LogP contribution is 2.65. The van der Waals surface area contributed by atoms with Gasteiger partial charge in [-0.3, -0.25) is 4.79 Å². The van der Waals surface area contributed by atoms with Crippen LogP contribution in [0.15, 0.2) is 0 Å². The van der Waals surface area contributed by atoms with Crippen LogP contribution < -0.4 is 10.6 Å². The predicted octanol–water partition coefficient (Wildman–Crippen LogP) is 4.71. The lowest BCUT2D eigenvalue weighted by molar-refractivity contribution is -0.154. The first-order valence-corrected chi connectivity index (χ1v) is 13.8. The largest absolute Gasteiger partial charge is 0.467 e. The highest BCUT2D eigenvalue weighted by Gasteiger charge is 2.70. The Hall–Kier alpha value is -1.44. The van der Waals surface area contributed by atoms with Crippen LogP contribution in [0, 0.1) is 28.6 Å². The van der Waals surface area contributed by atoms with Gasteiger partial charge in [-0.15, -0.1) is 0 Å². The molecule has 0 spiro atoms. The van der Waals surface area contributed by atoms with Crippen molar-refractivity contribution in [3.05, 3.63) is 0 Å². The van der Waals surface area contributed by atoms with Crippen LogP contribution >= 0.6 is 11.8 Å². The van der Waals surface area contributed by atoms with E-state index in [4.69, 9.17) is 4.74 Å². The minimum absolute atomic E-state index is 0.00876. The molecule has 2 aliphatic rings. The van der Waals surface area contributed by atoms with Crippen LogP contribution in [-0.2, 0) is 14.3 Å². The summed E-state index contributed by atoms with van der Waals surface area (Å²) < 4.78 is 5.12. The molecule has 3 amide bonds. The molecule has 5 atom stereocenters. The van der Waals surface area contributed by atoms with Gasteiger partial charge in [-0.2, -0.15) is 11.8 Å². The van der Waals surface area contributed by atoms with Gasteiger partial charge in [0.15, 0.2) is 0 Å². The highest BCUT2D eigenvalue weighted by atomic mass is 32.2. The highest BCUT2D eigenvalue weighted by molar-refractivity contribution is 8.00. The van der Waals surface area contributed by atoms with E-state index >= 15 is 0 Å². The molecule has 0 aromatic rings. The second kappa shape index (κ2) is 10.1. The fourth-order valence-electron chi connectivity index (χ4n) is 5.51. The second-order valence-corrected chi connectivity index (χ2v) is 15.6. The molecule has 35 heavy (non-hydrogen) atoms. The molecule has 1 aliphatic heterocycles. The van der Waals surface area contributed by atoms with Gasteiger partial charge in [0.2, 0.25) is 5.91 Å². The van der Waals surface area contributed by atoms with Crippen LogP contribution in [-0.4, -0.2) is 64.6 Å². The van der Waals surface area contributed by atoms with Crippen molar-refractivity contribution < 1.29 is 19.1 Å². The van der Waals surface area contributed by atoms with Crippen LogP contribution in [0.1, 0.15) is 82.6 Å². The molecule has 2 rings (SSSR count). The number of rotatable bonds is 8. The van der Waals surface area contributed by atoms with Gasteiger partial charge in [-0.1, -0.05) is 69.2 Å². The number of nitrogens with one attached hydrogen (secondary N) is 1. The van der Waals surface area contributed by atoms with Crippen LogP contribution in [0.5, 0.6) is 0 Å². The lowest BCUT2D eigenvalue weighted by atomic mass is 9.85. The number of ether oxygens (including phenoxy) is 1. The van der Waals surface area contributed by atoms with E-state index in [1.54, 1.807) is 16.7 Å². The van der Waals surface area contributed by atoms with Gasteiger partial charge in [0.25, 0.3) is 0 Å². The number of hydrogen-bond donors (Lipinski definition) is 1. The number of thioether (sulfide) groups is 1. The Bertz CT molecular complexity index is 814. The smallest absolute Gasteiger partial charge is 0.337 e. The first-order chi connectivity index (χ1) is 15.7. The number of piperidine rings is 1. The number of carbonyl (C=O) groups is 3. The van der Waals surface area contributed by atoms with Crippen molar-refractivity contribution in [3.63, 3.8) is 0 Å². The Morgan fingerprint density at radius 1 is 1.11 bits per heavy atom. The molecule has 1 aliphatic carbocycles. The summed E-state index contributed by atoms with van der Waals surface area (Å²) in [5, 5.41) is 7.53. The van der Waals surface area contributed by atoms with E-state index in [0.29, 0.717) is 18.2 Å². The van der Waals surface area contributed by atoms with Crippen molar-refractivity contribution in [2.24, 2.45) is 28.6 Å². The van der Waals surface area contributed by atoms with E-state index in [1.807, 2.05) is 27.7 Å². The number of urea groups is 1. The summed E-state index contributed by atoms with van der Waals surface area (Å²) in [4.78, 5) is 41.3. The Labute approximate surface area is 217 Å². The van der Waals surface area contributed by atoms with E-state index < -0.39 is 29.1 Å². The summed E-state index contributed by atoms with van der Waals surface area (Å²) in [6.45, 7) is 23.3. The van der Waals surface area contributed by atoms with Crippen LogP contribution in [0.3, 0.4) is 0 Å². The Balaban J connectivity index is 2.21. The van der Waals surface area contributed by atoms with Crippen molar-refractivity contribution in [2.45, 2.75) is 105 Å². The zero-order valence-electron chi connectivity index (χ0n) is 23.9. The molecular weight excluding hydrogens is 462 g/mol. The third-order valence-corrected chi connectivity index (χ3v) is 8.98. The molecule has 1 saturated carbocycles. The first kappa shape index (κ1) is 29.8. The number of methoxy groups -OCH3 is 1. The molecule has 8 heteroatoms. The van der Waals surface area contributed by atoms with Crippen molar-refractivity contribution >= 4 is 29.7 Å². The van der Waals surface area contributed by atoms with Crippen LogP contribution in [0.4, 0.5) is 4.79 Å². The Morgan fingerprint density at radius 3 is 2.14 bits per heavy atom. The maximum atomic E-state index is 13.8. The minimum Gasteiger partial charge on any atom is -0.467 e. The molecule has 0 aromatic heterocycles. The van der Waals surface area contributed by atoms with Gasteiger partial charge in [0, 0.05) is 23.0 Å². The van der Waals surface area contributed by atoms with Gasteiger partial charge in [-0.05, 0) is 36.0 Å². The molecule has 7 nitrogen and oxygen atoms in total. The van der Waals surface area contributed by atoms with E-state index in [0.717, 1.165) is 6.42 Å². The van der Waals surface area contributed by atoms with Gasteiger partial charge in [-0.25, -0.2) is 14.9 Å². The number of nitrogens with zero attached hydrogens (tertiary/aromatic N) is 2. The Kier molecular flexibility index (Phi) is 8.63. The quantitative estimate of drug-likeness (QED) is 0.478. The number of carbonyl (C=O) groups excluding carboxylic acids is 3. The maximum absolute atomic E-state index is 13.8. The number of fused-ring (bicyclic) bond motifs is 1. The molecule has 0 unspecified atom stereocenters. The van der Waals surface area contributed by atoms with Crippen molar-refractivity contribution in [1.29, 1.82) is 0 Å². The maximum Gasteiger partial charge on any atom is 0.337 e. The van der Waals surface area contributed by atoms with E-state index in [1.165, 1.54) is 7.11 Å². The molecular formula is C27H48N3O4S. The molecule has 1 heterocycles. The van der Waals surface area contributed by atoms with Crippen LogP contribution in [0.2, 0.25) is 0 Å². The fraction of sp³-hybridized carbons (Fsp3) is 0.889. The zero-order chi connectivity index (χ0) is 27.1.